The van der Waals surface area contributed by atoms with Crippen LogP contribution in [0, 0.1) is 5.92 Å². The van der Waals surface area contributed by atoms with E-state index in [9.17, 15) is 18.0 Å². The Morgan fingerprint density at radius 2 is 2.12 bits per heavy atom. The highest BCUT2D eigenvalue weighted by Gasteiger charge is 2.30. The van der Waals surface area contributed by atoms with E-state index in [1.165, 1.54) is 6.26 Å². The van der Waals surface area contributed by atoms with Gasteiger partial charge in [-0.05, 0) is 24.5 Å². The summed E-state index contributed by atoms with van der Waals surface area (Å²) >= 11 is 0. The Morgan fingerprint density at radius 3 is 2.67 bits per heavy atom. The summed E-state index contributed by atoms with van der Waals surface area (Å²) < 4.78 is 28.0. The van der Waals surface area contributed by atoms with Crippen LogP contribution in [0.4, 0.5) is 4.79 Å². The molecule has 3 N–H and O–H groups in total. The predicted octanol–water partition coefficient (Wildman–Crippen LogP) is 0.407. The van der Waals surface area contributed by atoms with Crippen LogP contribution in [0.3, 0.4) is 0 Å². The van der Waals surface area contributed by atoms with Crippen molar-refractivity contribution in [1.29, 1.82) is 0 Å². The summed E-state index contributed by atoms with van der Waals surface area (Å²) in [6.07, 6.45) is 1.91. The van der Waals surface area contributed by atoms with Crippen molar-refractivity contribution < 1.29 is 22.4 Å². The SMILES string of the molecule is CC(C)[C@H](NC(=O)N[C@@H]1CCS(=O)(=O)C1)C(=O)NCc1ccco1. The number of rotatable bonds is 6. The molecule has 134 valence electrons. The fourth-order valence-electron chi connectivity index (χ4n) is 2.51. The highest BCUT2D eigenvalue weighted by Crippen LogP contribution is 2.11. The van der Waals surface area contributed by atoms with Crippen molar-refractivity contribution in [1.82, 2.24) is 16.0 Å². The molecule has 0 aromatic carbocycles. The molecule has 24 heavy (non-hydrogen) atoms. The van der Waals surface area contributed by atoms with Gasteiger partial charge in [-0.1, -0.05) is 13.8 Å². The Hall–Kier alpha value is -2.03. The largest absolute Gasteiger partial charge is 0.467 e. The molecule has 0 unspecified atom stereocenters. The molecule has 1 fully saturated rings. The van der Waals surface area contributed by atoms with Crippen molar-refractivity contribution in [3.05, 3.63) is 24.2 Å². The molecular weight excluding hydrogens is 334 g/mol. The number of hydrogen-bond acceptors (Lipinski definition) is 5. The molecule has 1 aromatic rings. The average Bonchev–Trinajstić information content (AvgIpc) is 3.11. The van der Waals surface area contributed by atoms with Gasteiger partial charge in [0.05, 0.1) is 24.3 Å². The van der Waals surface area contributed by atoms with Gasteiger partial charge in [-0.2, -0.15) is 0 Å². The van der Waals surface area contributed by atoms with E-state index in [2.05, 4.69) is 16.0 Å². The van der Waals surface area contributed by atoms with E-state index < -0.39 is 28.0 Å². The van der Waals surface area contributed by atoms with Crippen LogP contribution in [0.5, 0.6) is 0 Å². The number of urea groups is 1. The van der Waals surface area contributed by atoms with Crippen LogP contribution < -0.4 is 16.0 Å². The van der Waals surface area contributed by atoms with Crippen molar-refractivity contribution in [2.24, 2.45) is 5.92 Å². The van der Waals surface area contributed by atoms with Gasteiger partial charge >= 0.3 is 6.03 Å². The Morgan fingerprint density at radius 1 is 1.38 bits per heavy atom. The number of nitrogens with one attached hydrogen (secondary N) is 3. The van der Waals surface area contributed by atoms with Crippen LogP contribution in [0.2, 0.25) is 0 Å². The minimum atomic E-state index is -3.07. The molecule has 2 atom stereocenters. The first-order valence-corrected chi connectivity index (χ1v) is 9.66. The number of amides is 3. The lowest BCUT2D eigenvalue weighted by Gasteiger charge is -2.22. The number of carbonyl (C=O) groups excluding carboxylic acids is 2. The maximum atomic E-state index is 12.3. The molecular formula is C15H23N3O5S. The van der Waals surface area contributed by atoms with Gasteiger partial charge in [-0.3, -0.25) is 4.79 Å². The summed E-state index contributed by atoms with van der Waals surface area (Å²) in [4.78, 5) is 24.3. The number of sulfone groups is 1. The first-order chi connectivity index (χ1) is 11.3. The minimum Gasteiger partial charge on any atom is -0.467 e. The second-order valence-electron chi connectivity index (χ2n) is 6.24. The van der Waals surface area contributed by atoms with Gasteiger partial charge in [0, 0.05) is 6.04 Å². The third kappa shape index (κ3) is 5.26. The second kappa shape index (κ2) is 7.69. The van der Waals surface area contributed by atoms with E-state index in [4.69, 9.17) is 4.42 Å². The quantitative estimate of drug-likeness (QED) is 0.681. The van der Waals surface area contributed by atoms with Crippen molar-refractivity contribution >= 4 is 21.8 Å². The zero-order valence-electron chi connectivity index (χ0n) is 13.7. The first-order valence-electron chi connectivity index (χ1n) is 7.84. The predicted molar refractivity (Wildman–Crippen MR) is 87.9 cm³/mol. The average molecular weight is 357 g/mol. The maximum Gasteiger partial charge on any atom is 0.315 e. The van der Waals surface area contributed by atoms with E-state index in [1.54, 1.807) is 12.1 Å². The van der Waals surface area contributed by atoms with Gasteiger partial charge in [0.1, 0.15) is 11.8 Å². The molecule has 8 nitrogen and oxygen atoms in total. The normalized spacial score (nSPS) is 20.5. The molecule has 1 aromatic heterocycles. The fraction of sp³-hybridized carbons (Fsp3) is 0.600. The van der Waals surface area contributed by atoms with E-state index in [1.807, 2.05) is 13.8 Å². The van der Waals surface area contributed by atoms with Gasteiger partial charge in [0.15, 0.2) is 9.84 Å². The van der Waals surface area contributed by atoms with Crippen LogP contribution in [-0.4, -0.2) is 43.9 Å². The Balaban J connectivity index is 1.85. The van der Waals surface area contributed by atoms with Crippen molar-refractivity contribution in [2.45, 2.75) is 38.9 Å². The van der Waals surface area contributed by atoms with Crippen LogP contribution in [-0.2, 0) is 21.2 Å². The minimum absolute atomic E-state index is 0.0581. The zero-order valence-corrected chi connectivity index (χ0v) is 14.6. The van der Waals surface area contributed by atoms with Gasteiger partial charge in [0.2, 0.25) is 5.91 Å². The first kappa shape index (κ1) is 18.3. The van der Waals surface area contributed by atoms with Crippen molar-refractivity contribution in [3.63, 3.8) is 0 Å². The molecule has 2 heterocycles. The summed E-state index contributed by atoms with van der Waals surface area (Å²) in [7, 11) is -3.07. The summed E-state index contributed by atoms with van der Waals surface area (Å²) in [6.45, 7) is 3.87. The van der Waals surface area contributed by atoms with E-state index in [0.29, 0.717) is 12.2 Å². The molecule has 0 bridgehead atoms. The van der Waals surface area contributed by atoms with Crippen LogP contribution in [0.1, 0.15) is 26.0 Å². The summed E-state index contributed by atoms with van der Waals surface area (Å²) in [6, 6.07) is 1.80. The standard InChI is InChI=1S/C15H23N3O5S/c1-10(2)13(14(19)16-8-12-4-3-6-23-12)18-15(20)17-11-5-7-24(21,22)9-11/h3-4,6,10-11,13H,5,7-9H2,1-2H3,(H,16,19)(H2,17,18,20)/t11-,13+/m1/s1. The Kier molecular flexibility index (Phi) is 5.87. The van der Waals surface area contributed by atoms with Crippen molar-refractivity contribution in [3.8, 4) is 0 Å². The number of carbonyl (C=O) groups is 2. The van der Waals surface area contributed by atoms with Gasteiger partial charge < -0.3 is 20.4 Å². The van der Waals surface area contributed by atoms with Gasteiger partial charge in [-0.25, -0.2) is 13.2 Å². The molecule has 0 radical (unpaired) electrons. The zero-order chi connectivity index (χ0) is 17.7. The van der Waals surface area contributed by atoms with Crippen LogP contribution in [0.15, 0.2) is 22.8 Å². The molecule has 1 aliphatic heterocycles. The third-order valence-electron chi connectivity index (χ3n) is 3.82. The molecule has 3 amide bonds. The highest BCUT2D eigenvalue weighted by atomic mass is 32.2. The number of furan rings is 1. The van der Waals surface area contributed by atoms with E-state index in [-0.39, 0.29) is 29.9 Å². The van der Waals surface area contributed by atoms with E-state index in [0.717, 1.165) is 0 Å². The van der Waals surface area contributed by atoms with Crippen molar-refractivity contribution in [2.75, 3.05) is 11.5 Å². The smallest absolute Gasteiger partial charge is 0.315 e. The third-order valence-corrected chi connectivity index (χ3v) is 5.59. The lowest BCUT2D eigenvalue weighted by molar-refractivity contribution is -0.124. The van der Waals surface area contributed by atoms with Crippen LogP contribution >= 0.6 is 0 Å². The molecule has 1 aliphatic rings. The Bertz CT molecular complexity index is 669. The number of hydrogen-bond donors (Lipinski definition) is 3. The van der Waals surface area contributed by atoms with Crippen LogP contribution in [0.25, 0.3) is 0 Å². The topological polar surface area (TPSA) is 118 Å². The van der Waals surface area contributed by atoms with Gasteiger partial charge in [0.25, 0.3) is 0 Å². The molecule has 0 spiro atoms. The molecule has 9 heteroatoms. The fourth-order valence-corrected chi connectivity index (χ4v) is 4.18. The monoisotopic (exact) mass is 357 g/mol. The lowest BCUT2D eigenvalue weighted by atomic mass is 10.0. The van der Waals surface area contributed by atoms with Gasteiger partial charge in [-0.15, -0.1) is 0 Å². The molecule has 0 saturated carbocycles. The summed E-state index contributed by atoms with van der Waals surface area (Å²) in [5.41, 5.74) is 0. The molecule has 0 aliphatic carbocycles. The highest BCUT2D eigenvalue weighted by molar-refractivity contribution is 7.91. The summed E-state index contributed by atoms with van der Waals surface area (Å²) in [5, 5.41) is 7.94. The molecule has 1 saturated heterocycles. The summed E-state index contributed by atoms with van der Waals surface area (Å²) in [5.74, 6) is 0.189. The Labute approximate surface area is 141 Å². The second-order valence-corrected chi connectivity index (χ2v) is 8.47. The van der Waals surface area contributed by atoms with E-state index >= 15 is 0 Å². The lowest BCUT2D eigenvalue weighted by Crippen LogP contribution is -2.54. The maximum absolute atomic E-state index is 12.3. The molecule has 2 rings (SSSR count).